The van der Waals surface area contributed by atoms with Crippen LogP contribution in [0.1, 0.15) is 34.2 Å². The highest BCUT2D eigenvalue weighted by Crippen LogP contribution is 2.06. The summed E-state index contributed by atoms with van der Waals surface area (Å²) in [7, 11) is 0. The first-order valence-electron chi connectivity index (χ1n) is 6.69. The molecule has 1 amide bonds. The van der Waals surface area contributed by atoms with Crippen LogP contribution >= 0.6 is 12.4 Å². The molecule has 0 aliphatic carbocycles. The number of amides is 1. The Morgan fingerprint density at radius 1 is 1.38 bits per heavy atom. The van der Waals surface area contributed by atoms with E-state index < -0.39 is 0 Å². The van der Waals surface area contributed by atoms with Crippen molar-refractivity contribution in [3.63, 3.8) is 0 Å². The van der Waals surface area contributed by atoms with E-state index in [1.54, 1.807) is 12.1 Å². The van der Waals surface area contributed by atoms with E-state index in [0.717, 1.165) is 17.0 Å². The normalized spacial score (nSPS) is 11.6. The molecule has 2 rings (SSSR count). The van der Waals surface area contributed by atoms with E-state index >= 15 is 0 Å². The summed E-state index contributed by atoms with van der Waals surface area (Å²) >= 11 is 0. The topological polar surface area (TPSA) is 83.8 Å². The van der Waals surface area contributed by atoms with Crippen LogP contribution in [-0.4, -0.2) is 22.1 Å². The van der Waals surface area contributed by atoms with Gasteiger partial charge in [-0.3, -0.25) is 9.89 Å². The summed E-state index contributed by atoms with van der Waals surface area (Å²) < 4.78 is 0. The number of rotatable bonds is 5. The minimum absolute atomic E-state index is 0. The van der Waals surface area contributed by atoms with Crippen LogP contribution in [0, 0.1) is 6.92 Å². The van der Waals surface area contributed by atoms with Crippen molar-refractivity contribution in [1.82, 2.24) is 15.5 Å². The first kappa shape index (κ1) is 17.2. The van der Waals surface area contributed by atoms with Gasteiger partial charge in [0.25, 0.3) is 5.91 Å². The summed E-state index contributed by atoms with van der Waals surface area (Å²) in [4.78, 5) is 12.1. The number of aromatic amines is 1. The average molecular weight is 309 g/mol. The van der Waals surface area contributed by atoms with Crippen LogP contribution < -0.4 is 11.1 Å². The highest BCUT2D eigenvalue weighted by molar-refractivity contribution is 5.94. The molecule has 21 heavy (non-hydrogen) atoms. The Labute approximate surface area is 130 Å². The maximum absolute atomic E-state index is 12.1. The summed E-state index contributed by atoms with van der Waals surface area (Å²) in [6.45, 7) is 4.41. The lowest BCUT2D eigenvalue weighted by atomic mass is 10.1. The lowest BCUT2D eigenvalue weighted by Crippen LogP contribution is -2.34. The fraction of sp³-hybridized carbons (Fsp3) is 0.333. The number of benzene rings is 1. The highest BCUT2D eigenvalue weighted by atomic mass is 35.5. The van der Waals surface area contributed by atoms with Gasteiger partial charge in [-0.1, -0.05) is 12.1 Å². The maximum atomic E-state index is 12.1. The number of nitrogens with one attached hydrogen (secondary N) is 2. The lowest BCUT2D eigenvalue weighted by molar-refractivity contribution is 0.0940. The van der Waals surface area contributed by atoms with Crippen LogP contribution in [0.15, 0.2) is 30.3 Å². The Morgan fingerprint density at radius 3 is 2.57 bits per heavy atom. The monoisotopic (exact) mass is 308 g/mol. The number of aryl methyl sites for hydroxylation is 1. The number of hydrogen-bond acceptors (Lipinski definition) is 3. The Balaban J connectivity index is 0.00000220. The van der Waals surface area contributed by atoms with Crippen molar-refractivity contribution in [2.45, 2.75) is 32.9 Å². The van der Waals surface area contributed by atoms with E-state index in [9.17, 15) is 4.79 Å². The van der Waals surface area contributed by atoms with Gasteiger partial charge >= 0.3 is 0 Å². The molecule has 0 radical (unpaired) electrons. The quantitative estimate of drug-likeness (QED) is 0.789. The third-order valence-corrected chi connectivity index (χ3v) is 3.10. The van der Waals surface area contributed by atoms with Crippen LogP contribution in [-0.2, 0) is 13.0 Å². The lowest BCUT2D eigenvalue weighted by Gasteiger charge is -2.12. The highest BCUT2D eigenvalue weighted by Gasteiger charge is 2.11. The number of H-pyrrole nitrogens is 1. The number of nitrogens with zero attached hydrogens (tertiary/aromatic N) is 1. The molecule has 5 nitrogen and oxygen atoms in total. The number of nitrogens with two attached hydrogens (primary N) is 1. The van der Waals surface area contributed by atoms with E-state index in [1.807, 2.05) is 32.0 Å². The molecule has 0 aliphatic rings. The zero-order valence-corrected chi connectivity index (χ0v) is 13.0. The van der Waals surface area contributed by atoms with Crippen molar-refractivity contribution in [3.8, 4) is 0 Å². The van der Waals surface area contributed by atoms with E-state index in [2.05, 4.69) is 15.5 Å². The number of carbonyl (C=O) groups excluding carboxylic acids is 1. The minimum atomic E-state index is -0.0756. The molecule has 0 aliphatic heterocycles. The second-order valence-corrected chi connectivity index (χ2v) is 5.02. The second kappa shape index (κ2) is 7.81. The molecule has 1 heterocycles. The molecule has 0 spiro atoms. The van der Waals surface area contributed by atoms with E-state index in [0.29, 0.717) is 18.5 Å². The molecule has 114 valence electrons. The van der Waals surface area contributed by atoms with Crippen molar-refractivity contribution < 1.29 is 4.79 Å². The number of hydrogen-bond donors (Lipinski definition) is 3. The summed E-state index contributed by atoms with van der Waals surface area (Å²) in [6.07, 6.45) is 0.705. The smallest absolute Gasteiger partial charge is 0.251 e. The zero-order chi connectivity index (χ0) is 14.5. The van der Waals surface area contributed by atoms with Gasteiger partial charge in [0, 0.05) is 30.3 Å². The van der Waals surface area contributed by atoms with Crippen molar-refractivity contribution in [2.75, 3.05) is 0 Å². The van der Waals surface area contributed by atoms with Crippen LogP contribution in [0.3, 0.4) is 0 Å². The molecule has 6 heteroatoms. The van der Waals surface area contributed by atoms with Gasteiger partial charge in [0.05, 0.1) is 5.69 Å². The summed E-state index contributed by atoms with van der Waals surface area (Å²) in [5, 5.41) is 10.0. The van der Waals surface area contributed by atoms with Crippen molar-refractivity contribution in [3.05, 3.63) is 52.8 Å². The Bertz CT molecular complexity index is 580. The molecule has 1 aromatic carbocycles. The molecule has 2 aromatic rings. The van der Waals surface area contributed by atoms with Gasteiger partial charge in [0.1, 0.15) is 0 Å². The molecule has 0 bridgehead atoms. The Hall–Kier alpha value is -1.85. The molecule has 1 unspecified atom stereocenters. The van der Waals surface area contributed by atoms with Crippen molar-refractivity contribution in [1.29, 1.82) is 0 Å². The fourth-order valence-electron chi connectivity index (χ4n) is 2.04. The Morgan fingerprint density at radius 2 is 2.05 bits per heavy atom. The molecule has 0 fully saturated rings. The molecule has 0 saturated heterocycles. The first-order valence-corrected chi connectivity index (χ1v) is 6.69. The number of halogens is 1. The molecular weight excluding hydrogens is 288 g/mol. The summed E-state index contributed by atoms with van der Waals surface area (Å²) in [5.74, 6) is -0.0756. The van der Waals surface area contributed by atoms with Gasteiger partial charge in [0.2, 0.25) is 0 Å². The predicted octanol–water partition coefficient (Wildman–Crippen LogP) is 1.96. The zero-order valence-electron chi connectivity index (χ0n) is 12.2. The fourth-order valence-corrected chi connectivity index (χ4v) is 2.04. The van der Waals surface area contributed by atoms with Crippen molar-refractivity contribution in [2.24, 2.45) is 5.73 Å². The van der Waals surface area contributed by atoms with Gasteiger partial charge < -0.3 is 11.1 Å². The van der Waals surface area contributed by atoms with Crippen LogP contribution in [0.2, 0.25) is 0 Å². The van der Waals surface area contributed by atoms with Gasteiger partial charge in [-0.05, 0) is 37.6 Å². The van der Waals surface area contributed by atoms with Crippen LogP contribution in [0.25, 0.3) is 0 Å². The first-order chi connectivity index (χ1) is 9.58. The van der Waals surface area contributed by atoms with E-state index in [-0.39, 0.29) is 24.4 Å². The van der Waals surface area contributed by atoms with Crippen molar-refractivity contribution >= 4 is 18.3 Å². The maximum Gasteiger partial charge on any atom is 0.251 e. The average Bonchev–Trinajstić information content (AvgIpc) is 2.84. The van der Waals surface area contributed by atoms with Gasteiger partial charge in [-0.15, -0.1) is 12.4 Å². The van der Waals surface area contributed by atoms with Gasteiger partial charge in [-0.2, -0.15) is 5.10 Å². The summed E-state index contributed by atoms with van der Waals surface area (Å²) in [5.41, 5.74) is 9.17. The van der Waals surface area contributed by atoms with E-state index in [1.165, 1.54) is 0 Å². The van der Waals surface area contributed by atoms with Crippen LogP contribution in [0.5, 0.6) is 0 Å². The predicted molar refractivity (Wildman–Crippen MR) is 85.5 cm³/mol. The minimum Gasteiger partial charge on any atom is -0.349 e. The van der Waals surface area contributed by atoms with Gasteiger partial charge in [0.15, 0.2) is 0 Å². The second-order valence-electron chi connectivity index (χ2n) is 5.02. The van der Waals surface area contributed by atoms with E-state index in [4.69, 9.17) is 5.73 Å². The molecule has 4 N–H and O–H groups in total. The SMILES string of the molecule is Cc1cc(CC(C)NC(=O)c2ccc(CN)cc2)n[nH]1.Cl. The van der Waals surface area contributed by atoms with Gasteiger partial charge in [-0.25, -0.2) is 0 Å². The van der Waals surface area contributed by atoms with Crippen LogP contribution in [0.4, 0.5) is 0 Å². The Kier molecular flexibility index (Phi) is 6.39. The molecule has 1 atom stereocenters. The molecular formula is C15H21ClN4O. The largest absolute Gasteiger partial charge is 0.349 e. The number of aromatic nitrogens is 2. The summed E-state index contributed by atoms with van der Waals surface area (Å²) in [6, 6.07) is 9.34. The third kappa shape index (κ3) is 4.88. The standard InChI is InChI=1S/C15H20N4O.ClH/c1-10(7-14-8-11(2)18-19-14)17-15(20)13-5-3-12(9-16)4-6-13;/h3-6,8,10H,7,9,16H2,1-2H3,(H,17,20)(H,18,19);1H. The number of carbonyl (C=O) groups is 1. The third-order valence-electron chi connectivity index (χ3n) is 3.10. The molecule has 1 aromatic heterocycles. The molecule has 0 saturated carbocycles.